The second kappa shape index (κ2) is 4.13. The summed E-state index contributed by atoms with van der Waals surface area (Å²) in [5.74, 6) is 0. The average molecular weight is 232 g/mol. The van der Waals surface area contributed by atoms with E-state index in [1.54, 1.807) is 0 Å². The zero-order valence-electron chi connectivity index (χ0n) is 10.2. The summed E-state index contributed by atoms with van der Waals surface area (Å²) in [6.45, 7) is 5.51. The van der Waals surface area contributed by atoms with Crippen molar-refractivity contribution in [3.8, 4) is 0 Å². The van der Waals surface area contributed by atoms with Crippen LogP contribution in [0, 0.1) is 0 Å². The molecule has 0 atom stereocenters. The largest absolute Gasteiger partial charge is 0.444 e. The second-order valence-corrected chi connectivity index (χ2v) is 4.87. The molecule has 2 aromatic rings. The molecule has 0 saturated carbocycles. The number of rotatable bonds is 1. The average Bonchev–Trinajstić information content (AvgIpc) is 2.63. The highest BCUT2D eigenvalue weighted by Gasteiger charge is 2.16. The number of hydrogen-bond acceptors (Lipinski definition) is 2. The molecule has 0 spiro atoms. The van der Waals surface area contributed by atoms with E-state index in [-0.39, 0.29) is 0 Å². The lowest BCUT2D eigenvalue weighted by Gasteiger charge is -2.19. The van der Waals surface area contributed by atoms with Crippen LogP contribution in [0.1, 0.15) is 20.8 Å². The van der Waals surface area contributed by atoms with E-state index in [1.807, 2.05) is 51.2 Å². The molecule has 2 rings (SSSR count). The van der Waals surface area contributed by atoms with E-state index in [4.69, 9.17) is 4.74 Å². The van der Waals surface area contributed by atoms with Crippen LogP contribution < -0.4 is 5.32 Å². The molecule has 0 aliphatic rings. The predicted octanol–water partition coefficient (Wildman–Crippen LogP) is 3.51. The summed E-state index contributed by atoms with van der Waals surface area (Å²) in [6, 6.07) is 7.60. The van der Waals surface area contributed by atoms with Crippen LogP contribution in [0.15, 0.2) is 30.5 Å². The van der Waals surface area contributed by atoms with Crippen LogP contribution in [-0.2, 0) is 4.74 Å². The highest BCUT2D eigenvalue weighted by atomic mass is 16.6. The Bertz CT molecular complexity index is 538. The molecule has 1 aromatic carbocycles. The van der Waals surface area contributed by atoms with Crippen LogP contribution in [-0.4, -0.2) is 16.7 Å². The van der Waals surface area contributed by atoms with Crippen molar-refractivity contribution >= 4 is 22.7 Å². The molecular weight excluding hydrogens is 216 g/mol. The van der Waals surface area contributed by atoms with Gasteiger partial charge in [0.2, 0.25) is 0 Å². The van der Waals surface area contributed by atoms with E-state index < -0.39 is 11.7 Å². The molecule has 17 heavy (non-hydrogen) atoms. The van der Waals surface area contributed by atoms with Crippen molar-refractivity contribution in [1.82, 2.24) is 4.98 Å². The van der Waals surface area contributed by atoms with Gasteiger partial charge in [0.05, 0.1) is 5.69 Å². The maximum absolute atomic E-state index is 11.7. The fourth-order valence-electron chi connectivity index (χ4n) is 1.61. The molecule has 1 aromatic heterocycles. The normalized spacial score (nSPS) is 11.5. The number of nitrogens with one attached hydrogen (secondary N) is 2. The molecule has 0 aliphatic carbocycles. The summed E-state index contributed by atoms with van der Waals surface area (Å²) in [5, 5.41) is 3.72. The van der Waals surface area contributed by atoms with Gasteiger partial charge in [0, 0.05) is 17.1 Å². The fourth-order valence-corrected chi connectivity index (χ4v) is 1.61. The predicted molar refractivity (Wildman–Crippen MR) is 68.2 cm³/mol. The van der Waals surface area contributed by atoms with Gasteiger partial charge in [0.1, 0.15) is 5.60 Å². The van der Waals surface area contributed by atoms with Gasteiger partial charge in [-0.3, -0.25) is 5.32 Å². The van der Waals surface area contributed by atoms with Crippen LogP contribution >= 0.6 is 0 Å². The van der Waals surface area contributed by atoms with E-state index >= 15 is 0 Å². The van der Waals surface area contributed by atoms with Crippen LogP contribution in [0.2, 0.25) is 0 Å². The van der Waals surface area contributed by atoms with Crippen LogP contribution in [0.4, 0.5) is 10.5 Å². The van der Waals surface area contributed by atoms with Gasteiger partial charge in [0.15, 0.2) is 0 Å². The van der Waals surface area contributed by atoms with E-state index in [1.165, 1.54) is 0 Å². The lowest BCUT2D eigenvalue weighted by Crippen LogP contribution is -2.27. The molecule has 0 fully saturated rings. The zero-order chi connectivity index (χ0) is 12.5. The second-order valence-electron chi connectivity index (χ2n) is 4.87. The summed E-state index contributed by atoms with van der Waals surface area (Å²) in [4.78, 5) is 14.7. The Kier molecular flexibility index (Phi) is 2.79. The van der Waals surface area contributed by atoms with Gasteiger partial charge < -0.3 is 9.72 Å². The number of aromatic amines is 1. The van der Waals surface area contributed by atoms with Crippen molar-refractivity contribution in [1.29, 1.82) is 0 Å². The van der Waals surface area contributed by atoms with Crippen LogP contribution in [0.3, 0.4) is 0 Å². The topological polar surface area (TPSA) is 54.1 Å². The van der Waals surface area contributed by atoms with Crippen molar-refractivity contribution in [3.05, 3.63) is 30.5 Å². The Morgan fingerprint density at radius 2 is 2.06 bits per heavy atom. The molecule has 4 nitrogen and oxygen atoms in total. The monoisotopic (exact) mass is 232 g/mol. The van der Waals surface area contributed by atoms with Crippen LogP contribution in [0.5, 0.6) is 0 Å². The third kappa shape index (κ3) is 2.78. The fraction of sp³-hybridized carbons (Fsp3) is 0.308. The van der Waals surface area contributed by atoms with Crippen molar-refractivity contribution in [2.45, 2.75) is 26.4 Å². The third-order valence-corrected chi connectivity index (χ3v) is 2.23. The molecule has 2 N–H and O–H groups in total. The highest BCUT2D eigenvalue weighted by molar-refractivity contribution is 5.99. The third-order valence-electron chi connectivity index (χ3n) is 2.23. The van der Waals surface area contributed by atoms with Gasteiger partial charge in [-0.1, -0.05) is 6.07 Å². The minimum absolute atomic E-state index is 0.439. The standard InChI is InChI=1S/C13H16N2O2/c1-13(2,3)17-12(16)15-11-6-4-5-10-9(11)7-8-14-10/h4-8,14H,1-3H3,(H,15,16). The minimum atomic E-state index is -0.490. The number of benzene rings is 1. The van der Waals surface area contributed by atoms with E-state index in [0.717, 1.165) is 16.6 Å². The van der Waals surface area contributed by atoms with Gasteiger partial charge in [-0.15, -0.1) is 0 Å². The first-order valence-corrected chi connectivity index (χ1v) is 5.52. The van der Waals surface area contributed by atoms with Crippen molar-refractivity contribution in [3.63, 3.8) is 0 Å². The number of hydrogen-bond donors (Lipinski definition) is 2. The highest BCUT2D eigenvalue weighted by Crippen LogP contribution is 2.22. The maximum atomic E-state index is 11.7. The quantitative estimate of drug-likeness (QED) is 0.790. The first-order valence-electron chi connectivity index (χ1n) is 5.52. The minimum Gasteiger partial charge on any atom is -0.444 e. The molecular formula is C13H16N2O2. The Morgan fingerprint density at radius 3 is 2.76 bits per heavy atom. The molecule has 90 valence electrons. The van der Waals surface area contributed by atoms with Crippen molar-refractivity contribution < 1.29 is 9.53 Å². The number of anilines is 1. The van der Waals surface area contributed by atoms with E-state index in [0.29, 0.717) is 0 Å². The SMILES string of the molecule is CC(C)(C)OC(=O)Nc1cccc2[nH]ccc12. The van der Waals surface area contributed by atoms with E-state index in [2.05, 4.69) is 10.3 Å². The summed E-state index contributed by atoms with van der Waals surface area (Å²) in [7, 11) is 0. The summed E-state index contributed by atoms with van der Waals surface area (Å²) in [6.07, 6.45) is 1.40. The number of carbonyl (C=O) groups is 1. The van der Waals surface area contributed by atoms with Gasteiger partial charge in [-0.05, 0) is 39.0 Å². The number of carbonyl (C=O) groups excluding carboxylic acids is 1. The lowest BCUT2D eigenvalue weighted by molar-refractivity contribution is 0.0636. The number of amides is 1. The summed E-state index contributed by atoms with van der Waals surface area (Å²) >= 11 is 0. The number of ether oxygens (including phenoxy) is 1. The first-order chi connectivity index (χ1) is 7.96. The summed E-state index contributed by atoms with van der Waals surface area (Å²) < 4.78 is 5.21. The van der Waals surface area contributed by atoms with Gasteiger partial charge in [0.25, 0.3) is 0 Å². The zero-order valence-corrected chi connectivity index (χ0v) is 10.2. The Labute approximate surface area is 100.0 Å². The molecule has 4 heteroatoms. The number of fused-ring (bicyclic) bond motifs is 1. The van der Waals surface area contributed by atoms with Gasteiger partial charge in [-0.25, -0.2) is 4.79 Å². The van der Waals surface area contributed by atoms with Crippen molar-refractivity contribution in [2.24, 2.45) is 0 Å². The number of H-pyrrole nitrogens is 1. The summed E-state index contributed by atoms with van der Waals surface area (Å²) in [5.41, 5.74) is 1.24. The van der Waals surface area contributed by atoms with E-state index in [9.17, 15) is 4.79 Å². The van der Waals surface area contributed by atoms with Gasteiger partial charge in [-0.2, -0.15) is 0 Å². The maximum Gasteiger partial charge on any atom is 0.412 e. The Balaban J connectivity index is 2.18. The van der Waals surface area contributed by atoms with Gasteiger partial charge >= 0.3 is 6.09 Å². The van der Waals surface area contributed by atoms with Crippen molar-refractivity contribution in [2.75, 3.05) is 5.32 Å². The molecule has 1 heterocycles. The molecule has 0 bridgehead atoms. The molecule has 1 amide bonds. The number of aromatic nitrogens is 1. The molecule has 0 aliphatic heterocycles. The first kappa shape index (κ1) is 11.5. The Hall–Kier alpha value is -1.97. The smallest absolute Gasteiger partial charge is 0.412 e. The van der Waals surface area contributed by atoms with Crippen LogP contribution in [0.25, 0.3) is 10.9 Å². The molecule has 0 radical (unpaired) electrons. The lowest BCUT2D eigenvalue weighted by atomic mass is 10.2. The molecule has 0 unspecified atom stereocenters. The molecule has 0 saturated heterocycles. The Morgan fingerprint density at radius 1 is 1.29 bits per heavy atom.